The zero-order valence-corrected chi connectivity index (χ0v) is 14.8. The van der Waals surface area contributed by atoms with Gasteiger partial charge in [0.05, 0.1) is 13.2 Å². The molecule has 1 N–H and O–H groups in total. The van der Waals surface area contributed by atoms with Crippen molar-refractivity contribution >= 4 is 5.91 Å². The number of rotatable bonds is 6. The largest absolute Gasteiger partial charge is 0.493 e. The number of benzene rings is 1. The normalized spacial score (nSPS) is 28.8. The lowest BCUT2D eigenvalue weighted by Gasteiger charge is -2.36. The molecule has 25 heavy (non-hydrogen) atoms. The highest BCUT2D eigenvalue weighted by Crippen LogP contribution is 2.36. The zero-order valence-electron chi connectivity index (χ0n) is 14.8. The molecule has 2 fully saturated rings. The minimum Gasteiger partial charge on any atom is -0.493 e. The summed E-state index contributed by atoms with van der Waals surface area (Å²) in [6, 6.07) is 4.45. The standard InChI is InChI=1S/C19H26FNO4/c1-23-15-6-4-14(5-7-15)21-19(22)12-9-16(10-12)25-18-11-13(20)3-8-17(18)24-2/h3,8,11-12,14-16H,4-7,9-10H2,1-2H3,(H,21,22)/t12-,14-,15-,16-. The van der Waals surface area contributed by atoms with Crippen LogP contribution in [0.4, 0.5) is 4.39 Å². The van der Waals surface area contributed by atoms with Crippen molar-refractivity contribution in [2.75, 3.05) is 14.2 Å². The highest BCUT2D eigenvalue weighted by Gasteiger charge is 2.37. The van der Waals surface area contributed by atoms with Crippen LogP contribution in [-0.4, -0.2) is 38.4 Å². The minimum absolute atomic E-state index is 0.0234. The molecule has 0 unspecified atom stereocenters. The van der Waals surface area contributed by atoms with Crippen LogP contribution in [0.25, 0.3) is 0 Å². The van der Waals surface area contributed by atoms with E-state index in [1.807, 2.05) is 0 Å². The average molecular weight is 351 g/mol. The number of methoxy groups -OCH3 is 2. The fourth-order valence-corrected chi connectivity index (χ4v) is 3.56. The van der Waals surface area contributed by atoms with Crippen LogP contribution < -0.4 is 14.8 Å². The number of hydrogen-bond donors (Lipinski definition) is 1. The van der Waals surface area contributed by atoms with Gasteiger partial charge in [0, 0.05) is 25.1 Å². The fraction of sp³-hybridized carbons (Fsp3) is 0.632. The lowest BCUT2D eigenvalue weighted by atomic mass is 9.81. The molecule has 0 bridgehead atoms. The third kappa shape index (κ3) is 4.42. The van der Waals surface area contributed by atoms with Crippen LogP contribution in [0.3, 0.4) is 0 Å². The lowest BCUT2D eigenvalue weighted by Crippen LogP contribution is -2.47. The average Bonchev–Trinajstić information content (AvgIpc) is 2.58. The van der Waals surface area contributed by atoms with Gasteiger partial charge >= 0.3 is 0 Å². The van der Waals surface area contributed by atoms with Gasteiger partial charge in [-0.15, -0.1) is 0 Å². The third-order valence-corrected chi connectivity index (χ3v) is 5.24. The van der Waals surface area contributed by atoms with Crippen molar-refractivity contribution in [1.82, 2.24) is 5.32 Å². The summed E-state index contributed by atoms with van der Waals surface area (Å²) < 4.78 is 29.7. The van der Waals surface area contributed by atoms with Gasteiger partial charge in [0.1, 0.15) is 11.9 Å². The lowest BCUT2D eigenvalue weighted by molar-refractivity contribution is -0.131. The molecule has 1 aromatic carbocycles. The predicted molar refractivity (Wildman–Crippen MR) is 91.3 cm³/mol. The highest BCUT2D eigenvalue weighted by molar-refractivity contribution is 5.80. The van der Waals surface area contributed by atoms with E-state index in [1.54, 1.807) is 13.2 Å². The first kappa shape index (κ1) is 18.0. The first-order valence-corrected chi connectivity index (χ1v) is 8.92. The summed E-state index contributed by atoms with van der Waals surface area (Å²) in [5.74, 6) is 0.612. The van der Waals surface area contributed by atoms with Gasteiger partial charge in [-0.1, -0.05) is 0 Å². The highest BCUT2D eigenvalue weighted by atomic mass is 19.1. The zero-order chi connectivity index (χ0) is 17.8. The molecular formula is C19H26FNO4. The fourth-order valence-electron chi connectivity index (χ4n) is 3.56. The van der Waals surface area contributed by atoms with Gasteiger partial charge in [0.15, 0.2) is 11.5 Å². The van der Waals surface area contributed by atoms with E-state index in [1.165, 1.54) is 19.2 Å². The summed E-state index contributed by atoms with van der Waals surface area (Å²) in [6.07, 6.45) is 5.49. The smallest absolute Gasteiger partial charge is 0.223 e. The van der Waals surface area contributed by atoms with E-state index >= 15 is 0 Å². The van der Waals surface area contributed by atoms with Crippen molar-refractivity contribution < 1.29 is 23.4 Å². The van der Waals surface area contributed by atoms with E-state index in [9.17, 15) is 9.18 Å². The second-order valence-corrected chi connectivity index (χ2v) is 6.92. The number of ether oxygens (including phenoxy) is 3. The third-order valence-electron chi connectivity index (χ3n) is 5.24. The molecule has 0 aliphatic heterocycles. The molecule has 0 atom stereocenters. The van der Waals surface area contributed by atoms with Gasteiger partial charge in [-0.2, -0.15) is 0 Å². The summed E-state index contributed by atoms with van der Waals surface area (Å²) >= 11 is 0. The minimum atomic E-state index is -0.365. The van der Waals surface area contributed by atoms with E-state index in [4.69, 9.17) is 14.2 Å². The van der Waals surface area contributed by atoms with Crippen molar-refractivity contribution in [3.05, 3.63) is 24.0 Å². The van der Waals surface area contributed by atoms with E-state index in [2.05, 4.69) is 5.32 Å². The molecule has 0 aromatic heterocycles. The number of halogens is 1. The Morgan fingerprint density at radius 1 is 1.08 bits per heavy atom. The molecule has 0 spiro atoms. The summed E-state index contributed by atoms with van der Waals surface area (Å²) in [6.45, 7) is 0. The molecule has 1 aromatic rings. The number of amides is 1. The van der Waals surface area contributed by atoms with E-state index in [0.717, 1.165) is 25.7 Å². The number of hydrogen-bond acceptors (Lipinski definition) is 4. The second-order valence-electron chi connectivity index (χ2n) is 6.92. The molecule has 138 valence electrons. The maximum atomic E-state index is 13.4. The van der Waals surface area contributed by atoms with Crippen molar-refractivity contribution in [2.45, 2.75) is 56.8 Å². The van der Waals surface area contributed by atoms with Crippen LogP contribution in [0.2, 0.25) is 0 Å². The summed E-state index contributed by atoms with van der Waals surface area (Å²) in [7, 11) is 3.26. The Hall–Kier alpha value is -1.82. The van der Waals surface area contributed by atoms with Crippen LogP contribution in [0, 0.1) is 11.7 Å². The summed E-state index contributed by atoms with van der Waals surface area (Å²) in [4.78, 5) is 12.3. The maximum Gasteiger partial charge on any atom is 0.223 e. The molecule has 2 aliphatic rings. The monoisotopic (exact) mass is 351 g/mol. The Morgan fingerprint density at radius 2 is 1.80 bits per heavy atom. The Labute approximate surface area is 147 Å². The molecular weight excluding hydrogens is 325 g/mol. The van der Waals surface area contributed by atoms with Crippen molar-refractivity contribution in [3.8, 4) is 11.5 Å². The van der Waals surface area contributed by atoms with Crippen LogP contribution in [0.1, 0.15) is 38.5 Å². The van der Waals surface area contributed by atoms with E-state index < -0.39 is 0 Å². The van der Waals surface area contributed by atoms with E-state index in [0.29, 0.717) is 30.4 Å². The predicted octanol–water partition coefficient (Wildman–Crippen LogP) is 3.07. The van der Waals surface area contributed by atoms with Gasteiger partial charge in [0.2, 0.25) is 5.91 Å². The second kappa shape index (κ2) is 8.04. The van der Waals surface area contributed by atoms with Gasteiger partial charge in [-0.05, 0) is 50.7 Å². The topological polar surface area (TPSA) is 56.8 Å². The Kier molecular flexibility index (Phi) is 5.78. The summed E-state index contributed by atoms with van der Waals surface area (Å²) in [5, 5.41) is 3.15. The van der Waals surface area contributed by atoms with Crippen LogP contribution in [0.15, 0.2) is 18.2 Å². The molecule has 6 heteroatoms. The van der Waals surface area contributed by atoms with Gasteiger partial charge in [-0.25, -0.2) is 4.39 Å². The van der Waals surface area contributed by atoms with Crippen LogP contribution in [-0.2, 0) is 9.53 Å². The molecule has 0 heterocycles. The van der Waals surface area contributed by atoms with Crippen molar-refractivity contribution in [3.63, 3.8) is 0 Å². The Morgan fingerprint density at radius 3 is 2.44 bits per heavy atom. The molecule has 0 radical (unpaired) electrons. The SMILES string of the molecule is COc1ccc(F)cc1O[C@H]1C[C@H](C(=O)N[C@H]2CC[C@H](OC)CC2)C1. The molecule has 2 saturated carbocycles. The maximum absolute atomic E-state index is 13.4. The molecule has 0 saturated heterocycles. The number of nitrogens with one attached hydrogen (secondary N) is 1. The quantitative estimate of drug-likeness (QED) is 0.856. The van der Waals surface area contributed by atoms with Gasteiger partial charge in [0.25, 0.3) is 0 Å². The molecule has 5 nitrogen and oxygen atoms in total. The van der Waals surface area contributed by atoms with Crippen molar-refractivity contribution in [1.29, 1.82) is 0 Å². The number of carbonyl (C=O) groups is 1. The summed E-state index contributed by atoms with van der Waals surface area (Å²) in [5.41, 5.74) is 0. The molecule has 2 aliphatic carbocycles. The first-order valence-electron chi connectivity index (χ1n) is 8.92. The van der Waals surface area contributed by atoms with E-state index in [-0.39, 0.29) is 29.8 Å². The molecule has 1 amide bonds. The molecule has 3 rings (SSSR count). The Balaban J connectivity index is 1.43. The van der Waals surface area contributed by atoms with Crippen molar-refractivity contribution in [2.24, 2.45) is 5.92 Å². The van der Waals surface area contributed by atoms with Gasteiger partial charge < -0.3 is 19.5 Å². The van der Waals surface area contributed by atoms with Gasteiger partial charge in [-0.3, -0.25) is 4.79 Å². The number of carbonyl (C=O) groups excluding carboxylic acids is 1. The Bertz CT molecular complexity index is 595. The first-order chi connectivity index (χ1) is 12.1. The van der Waals surface area contributed by atoms with Crippen LogP contribution >= 0.6 is 0 Å². The van der Waals surface area contributed by atoms with Crippen LogP contribution in [0.5, 0.6) is 11.5 Å².